The second-order valence-corrected chi connectivity index (χ2v) is 9.13. The summed E-state index contributed by atoms with van der Waals surface area (Å²) in [5.41, 5.74) is 1.93. The Kier molecular flexibility index (Phi) is 5.70. The largest absolute Gasteiger partial charge is 0.360 e. The van der Waals surface area contributed by atoms with E-state index in [4.69, 9.17) is 0 Å². The van der Waals surface area contributed by atoms with Crippen LogP contribution in [0.15, 0.2) is 42.5 Å². The molecule has 0 bridgehead atoms. The molecular formula is C23H30N6O. The van der Waals surface area contributed by atoms with Gasteiger partial charge in [-0.3, -0.25) is 4.79 Å². The van der Waals surface area contributed by atoms with Gasteiger partial charge in [0.1, 0.15) is 5.82 Å². The van der Waals surface area contributed by atoms with Gasteiger partial charge in [-0.25, -0.2) is 0 Å². The number of hydrogen-bond acceptors (Lipinski definition) is 5. The first-order valence-electron chi connectivity index (χ1n) is 10.7. The molecule has 4 rings (SSSR count). The van der Waals surface area contributed by atoms with Crippen LogP contribution in [0.5, 0.6) is 0 Å². The molecule has 0 unspecified atom stereocenters. The molecule has 0 atom stereocenters. The molecule has 1 saturated heterocycles. The minimum atomic E-state index is -0.162. The van der Waals surface area contributed by atoms with Crippen molar-refractivity contribution in [3.63, 3.8) is 0 Å². The van der Waals surface area contributed by atoms with Gasteiger partial charge in [0.2, 0.25) is 5.91 Å². The van der Waals surface area contributed by atoms with E-state index in [0.717, 1.165) is 38.2 Å². The number of fused-ring (bicyclic) bond motifs is 1. The normalized spacial score (nSPS) is 15.5. The van der Waals surface area contributed by atoms with E-state index in [1.807, 2.05) is 17.0 Å². The van der Waals surface area contributed by atoms with Crippen LogP contribution in [0.4, 0.5) is 5.82 Å². The maximum absolute atomic E-state index is 12.7. The summed E-state index contributed by atoms with van der Waals surface area (Å²) in [4.78, 5) is 14.6. The third-order valence-corrected chi connectivity index (χ3v) is 5.69. The summed E-state index contributed by atoms with van der Waals surface area (Å²) in [7, 11) is 0. The van der Waals surface area contributed by atoms with Gasteiger partial charge in [0.25, 0.3) is 0 Å². The van der Waals surface area contributed by atoms with Crippen LogP contribution in [-0.2, 0) is 16.6 Å². The van der Waals surface area contributed by atoms with Gasteiger partial charge in [0.15, 0.2) is 11.5 Å². The molecule has 1 aromatic carbocycles. The second-order valence-electron chi connectivity index (χ2n) is 9.13. The summed E-state index contributed by atoms with van der Waals surface area (Å²) in [5.74, 6) is 2.22. The molecule has 1 aliphatic rings. The van der Waals surface area contributed by atoms with E-state index in [1.165, 1.54) is 5.56 Å². The van der Waals surface area contributed by atoms with E-state index in [-0.39, 0.29) is 17.9 Å². The second kappa shape index (κ2) is 8.42. The molecule has 158 valence electrons. The molecule has 3 aromatic rings. The lowest BCUT2D eigenvalue weighted by Gasteiger charge is -2.32. The first-order chi connectivity index (χ1) is 14.4. The van der Waals surface area contributed by atoms with Crippen molar-refractivity contribution in [1.29, 1.82) is 0 Å². The van der Waals surface area contributed by atoms with Crippen molar-refractivity contribution in [2.75, 3.05) is 25.0 Å². The number of anilines is 1. The molecule has 0 saturated carbocycles. The van der Waals surface area contributed by atoms with Gasteiger partial charge in [-0.15, -0.1) is 15.3 Å². The maximum Gasteiger partial charge on any atom is 0.241 e. The molecule has 0 spiro atoms. The molecule has 1 amide bonds. The highest BCUT2D eigenvalue weighted by Crippen LogP contribution is 2.22. The highest BCUT2D eigenvalue weighted by molar-refractivity contribution is 5.80. The lowest BCUT2D eigenvalue weighted by molar-refractivity contribution is -0.130. The fourth-order valence-corrected chi connectivity index (χ4v) is 3.96. The van der Waals surface area contributed by atoms with Crippen LogP contribution in [0.3, 0.4) is 0 Å². The van der Waals surface area contributed by atoms with E-state index < -0.39 is 0 Å². The SMILES string of the molecule is CC(C)(C)c1nnc2ccc(NCC(=O)N3CCC(Cc4ccccc4)CC3)nn12. The number of nitrogens with zero attached hydrogens (tertiary/aromatic N) is 5. The predicted octanol–water partition coefficient (Wildman–Crippen LogP) is 3.32. The van der Waals surface area contributed by atoms with E-state index in [1.54, 1.807) is 4.52 Å². The smallest absolute Gasteiger partial charge is 0.241 e. The number of carbonyl (C=O) groups is 1. The molecule has 0 radical (unpaired) electrons. The van der Waals surface area contributed by atoms with Gasteiger partial charge in [-0.2, -0.15) is 4.52 Å². The lowest BCUT2D eigenvalue weighted by Crippen LogP contribution is -2.41. The Labute approximate surface area is 177 Å². The molecule has 1 N–H and O–H groups in total. The molecule has 1 fully saturated rings. The quantitative estimate of drug-likeness (QED) is 0.704. The highest BCUT2D eigenvalue weighted by Gasteiger charge is 2.24. The number of likely N-dealkylation sites (tertiary alicyclic amines) is 1. The molecule has 1 aliphatic heterocycles. The number of nitrogens with one attached hydrogen (secondary N) is 1. The van der Waals surface area contributed by atoms with Crippen LogP contribution in [0.2, 0.25) is 0 Å². The molecular weight excluding hydrogens is 376 g/mol. The summed E-state index contributed by atoms with van der Waals surface area (Å²) in [6.45, 7) is 8.13. The van der Waals surface area contributed by atoms with Crippen molar-refractivity contribution in [3.8, 4) is 0 Å². The molecule has 30 heavy (non-hydrogen) atoms. The van der Waals surface area contributed by atoms with Gasteiger partial charge >= 0.3 is 0 Å². The van der Waals surface area contributed by atoms with Gasteiger partial charge < -0.3 is 10.2 Å². The summed E-state index contributed by atoms with van der Waals surface area (Å²) in [5, 5.41) is 16.2. The van der Waals surface area contributed by atoms with Crippen LogP contribution < -0.4 is 5.32 Å². The number of rotatable bonds is 5. The zero-order valence-electron chi connectivity index (χ0n) is 18.0. The van der Waals surface area contributed by atoms with Crippen molar-refractivity contribution >= 4 is 17.4 Å². The van der Waals surface area contributed by atoms with Gasteiger partial charge in [-0.05, 0) is 42.9 Å². The van der Waals surface area contributed by atoms with Crippen molar-refractivity contribution in [1.82, 2.24) is 24.7 Å². The fourth-order valence-electron chi connectivity index (χ4n) is 3.96. The first-order valence-corrected chi connectivity index (χ1v) is 10.7. The number of hydrogen-bond donors (Lipinski definition) is 1. The monoisotopic (exact) mass is 406 g/mol. The van der Waals surface area contributed by atoms with Crippen LogP contribution in [-0.4, -0.2) is 50.3 Å². The molecule has 2 aromatic heterocycles. The van der Waals surface area contributed by atoms with E-state index in [2.05, 4.69) is 71.7 Å². The van der Waals surface area contributed by atoms with Crippen molar-refractivity contribution in [3.05, 3.63) is 53.9 Å². The zero-order valence-corrected chi connectivity index (χ0v) is 18.0. The number of carbonyl (C=O) groups excluding carboxylic acids is 1. The summed E-state index contributed by atoms with van der Waals surface area (Å²) < 4.78 is 1.75. The first kappa shape index (κ1) is 20.3. The maximum atomic E-state index is 12.7. The van der Waals surface area contributed by atoms with Crippen molar-refractivity contribution in [2.24, 2.45) is 5.92 Å². The number of piperidine rings is 1. The summed E-state index contributed by atoms with van der Waals surface area (Å²) in [6.07, 6.45) is 3.21. The van der Waals surface area contributed by atoms with E-state index in [9.17, 15) is 4.79 Å². The zero-order chi connectivity index (χ0) is 21.1. The Morgan fingerprint density at radius 3 is 2.50 bits per heavy atom. The Morgan fingerprint density at radius 2 is 1.80 bits per heavy atom. The Bertz CT molecular complexity index is 999. The Balaban J connectivity index is 1.31. The molecule has 7 heteroatoms. The third-order valence-electron chi connectivity index (χ3n) is 5.69. The standard InChI is InChI=1S/C23H30N6O/c1-23(2,3)22-26-25-20-10-9-19(27-29(20)22)24-16-21(30)28-13-11-18(12-14-28)15-17-7-5-4-6-8-17/h4-10,18H,11-16H2,1-3H3,(H,24,27). The van der Waals surface area contributed by atoms with E-state index >= 15 is 0 Å². The molecule has 3 heterocycles. The average Bonchev–Trinajstić information content (AvgIpc) is 3.17. The Hall–Kier alpha value is -2.96. The van der Waals surface area contributed by atoms with Crippen LogP contribution >= 0.6 is 0 Å². The highest BCUT2D eigenvalue weighted by atomic mass is 16.2. The summed E-state index contributed by atoms with van der Waals surface area (Å²) in [6, 6.07) is 14.3. The predicted molar refractivity (Wildman–Crippen MR) is 117 cm³/mol. The number of amides is 1. The number of benzene rings is 1. The topological polar surface area (TPSA) is 75.4 Å². The fraction of sp³-hybridized carbons (Fsp3) is 0.478. The van der Waals surface area contributed by atoms with Crippen LogP contribution in [0, 0.1) is 5.92 Å². The Morgan fingerprint density at radius 1 is 1.07 bits per heavy atom. The van der Waals surface area contributed by atoms with E-state index in [0.29, 0.717) is 17.4 Å². The van der Waals surface area contributed by atoms with Crippen molar-refractivity contribution < 1.29 is 4.79 Å². The third kappa shape index (κ3) is 4.61. The number of aromatic nitrogens is 4. The average molecular weight is 407 g/mol. The minimum absolute atomic E-state index is 0.120. The van der Waals surface area contributed by atoms with Crippen LogP contribution in [0.1, 0.15) is 45.0 Å². The lowest BCUT2D eigenvalue weighted by atomic mass is 9.90. The molecule has 0 aliphatic carbocycles. The summed E-state index contributed by atoms with van der Waals surface area (Å²) >= 11 is 0. The molecule has 7 nitrogen and oxygen atoms in total. The van der Waals surface area contributed by atoms with Crippen molar-refractivity contribution in [2.45, 2.75) is 45.4 Å². The van der Waals surface area contributed by atoms with Crippen LogP contribution in [0.25, 0.3) is 5.65 Å². The minimum Gasteiger partial charge on any atom is -0.360 e. The van der Waals surface area contributed by atoms with Gasteiger partial charge in [-0.1, -0.05) is 51.1 Å². The van der Waals surface area contributed by atoms with Gasteiger partial charge in [0, 0.05) is 18.5 Å². The van der Waals surface area contributed by atoms with Gasteiger partial charge in [0.05, 0.1) is 6.54 Å².